The van der Waals surface area contributed by atoms with E-state index >= 15 is 0 Å². The maximum absolute atomic E-state index is 12.8. The highest BCUT2D eigenvalue weighted by atomic mass is 127. The monoisotopic (exact) mass is 658 g/mol. The first-order chi connectivity index (χ1) is 17.7. The molecule has 0 saturated carbocycles. The molecule has 0 heterocycles. The van der Waals surface area contributed by atoms with Gasteiger partial charge in [-0.1, -0.05) is 11.6 Å². The Morgan fingerprint density at radius 3 is 2.32 bits per heavy atom. The van der Waals surface area contributed by atoms with Gasteiger partial charge in [0.15, 0.2) is 23.0 Å². The van der Waals surface area contributed by atoms with E-state index in [1.54, 1.807) is 37.3 Å². The van der Waals surface area contributed by atoms with E-state index in [0.29, 0.717) is 37.8 Å². The molecule has 0 fully saturated rings. The van der Waals surface area contributed by atoms with E-state index in [0.717, 1.165) is 0 Å². The average Bonchev–Trinajstić information content (AvgIpc) is 2.86. The molecule has 9 nitrogen and oxygen atoms in total. The maximum Gasteiger partial charge on any atom is 0.339 e. The van der Waals surface area contributed by atoms with Gasteiger partial charge in [-0.15, -0.1) is 0 Å². The maximum atomic E-state index is 12.8. The van der Waals surface area contributed by atoms with Gasteiger partial charge in [0.05, 0.1) is 30.1 Å². The molecule has 0 radical (unpaired) electrons. The molecule has 0 aliphatic heterocycles. The Hall–Kier alpha value is -3.03. The average molecular weight is 659 g/mol. The number of benzene rings is 3. The van der Waals surface area contributed by atoms with Gasteiger partial charge in [0.2, 0.25) is 0 Å². The molecule has 0 aliphatic rings. The number of nitrogens with one attached hydrogen (secondary N) is 1. The molecule has 3 rings (SSSR count). The van der Waals surface area contributed by atoms with Crippen LogP contribution in [0.1, 0.15) is 29.8 Å². The van der Waals surface area contributed by atoms with Crippen molar-refractivity contribution in [1.82, 2.24) is 5.43 Å². The third-order valence-electron chi connectivity index (χ3n) is 4.73. The highest BCUT2D eigenvalue weighted by Gasteiger charge is 2.22. The highest BCUT2D eigenvalue weighted by molar-refractivity contribution is 14.1. The number of halogens is 2. The van der Waals surface area contributed by atoms with E-state index in [-0.39, 0.29) is 23.0 Å². The summed E-state index contributed by atoms with van der Waals surface area (Å²) < 4.78 is 47.8. The third kappa shape index (κ3) is 7.49. The number of hydrogen-bond acceptors (Lipinski definition) is 8. The van der Waals surface area contributed by atoms with Crippen LogP contribution in [0.2, 0.25) is 5.02 Å². The predicted octanol–water partition coefficient (Wildman–Crippen LogP) is 5.28. The fourth-order valence-electron chi connectivity index (χ4n) is 3.08. The van der Waals surface area contributed by atoms with E-state index < -0.39 is 16.0 Å². The van der Waals surface area contributed by atoms with Crippen molar-refractivity contribution < 1.29 is 31.6 Å². The van der Waals surface area contributed by atoms with E-state index in [1.165, 1.54) is 37.6 Å². The van der Waals surface area contributed by atoms with Crippen LogP contribution < -0.4 is 23.8 Å². The van der Waals surface area contributed by atoms with Gasteiger partial charge in [-0.3, -0.25) is 4.79 Å². The van der Waals surface area contributed by atoms with Crippen molar-refractivity contribution in [2.75, 3.05) is 20.3 Å². The summed E-state index contributed by atoms with van der Waals surface area (Å²) in [5, 5.41) is 4.42. The molecule has 0 aromatic heterocycles. The van der Waals surface area contributed by atoms with Crippen molar-refractivity contribution in [3.05, 3.63) is 74.3 Å². The minimum atomic E-state index is -4.13. The predicted molar refractivity (Wildman–Crippen MR) is 149 cm³/mol. The number of hydrazone groups is 1. The van der Waals surface area contributed by atoms with E-state index in [9.17, 15) is 13.2 Å². The number of methoxy groups -OCH3 is 1. The second kappa shape index (κ2) is 13.0. The topological polar surface area (TPSA) is 113 Å². The lowest BCUT2D eigenvalue weighted by Gasteiger charge is -2.14. The van der Waals surface area contributed by atoms with Gasteiger partial charge in [-0.25, -0.2) is 5.43 Å². The number of ether oxygens (including phenoxy) is 3. The largest absolute Gasteiger partial charge is 0.493 e. The van der Waals surface area contributed by atoms with Crippen molar-refractivity contribution in [3.8, 4) is 23.0 Å². The summed E-state index contributed by atoms with van der Waals surface area (Å²) in [6.45, 7) is 4.28. The summed E-state index contributed by atoms with van der Waals surface area (Å²) >= 11 is 7.80. The second-order valence-corrected chi connectivity index (χ2v) is 10.4. The molecule has 12 heteroatoms. The van der Waals surface area contributed by atoms with Gasteiger partial charge < -0.3 is 18.4 Å². The number of carbonyl (C=O) groups is 1. The number of hydrogen-bond donors (Lipinski definition) is 1. The van der Waals surface area contributed by atoms with E-state index in [2.05, 4.69) is 10.5 Å². The summed E-state index contributed by atoms with van der Waals surface area (Å²) in [4.78, 5) is 12.5. The molecule has 3 aromatic rings. The standard InChI is InChI=1S/C25H24ClIN2O7S/c1-4-34-22-14-17(6-11-21(22)33-3)25(30)29-28-15-16-12-20(27)24(23(13-16)35-5-2)36-37(31,32)19-9-7-18(26)8-10-19/h6-15H,4-5H2,1-3H3,(H,29,30)/b28-15+. The minimum Gasteiger partial charge on any atom is -0.493 e. The Morgan fingerprint density at radius 1 is 1.00 bits per heavy atom. The molecule has 0 spiro atoms. The van der Waals surface area contributed by atoms with Crippen LogP contribution in [0.25, 0.3) is 0 Å². The van der Waals surface area contributed by atoms with Crippen molar-refractivity contribution in [3.63, 3.8) is 0 Å². The number of amides is 1. The summed E-state index contributed by atoms with van der Waals surface area (Å²) in [5.74, 6) is 0.757. The van der Waals surface area contributed by atoms with Gasteiger partial charge in [-0.05, 0) is 96.6 Å². The lowest BCUT2D eigenvalue weighted by Crippen LogP contribution is -2.17. The Balaban J connectivity index is 1.80. The van der Waals surface area contributed by atoms with E-state index in [1.807, 2.05) is 29.5 Å². The first kappa shape index (κ1) is 28.5. The first-order valence-electron chi connectivity index (χ1n) is 11.0. The Labute approximate surface area is 234 Å². The van der Waals surface area contributed by atoms with Gasteiger partial charge in [0.25, 0.3) is 5.91 Å². The SMILES string of the molecule is CCOc1cc(C(=O)N/N=C/c2cc(I)c(OS(=O)(=O)c3ccc(Cl)cc3)c(OCC)c2)ccc1OC. The van der Waals surface area contributed by atoms with E-state index in [4.69, 9.17) is 30.0 Å². The summed E-state index contributed by atoms with van der Waals surface area (Å²) in [6, 6.07) is 13.6. The molecule has 0 saturated heterocycles. The van der Waals surface area contributed by atoms with Crippen LogP contribution in [-0.2, 0) is 10.1 Å². The van der Waals surface area contributed by atoms with Crippen LogP contribution in [0.5, 0.6) is 23.0 Å². The van der Waals surface area contributed by atoms with Gasteiger partial charge in [0, 0.05) is 10.6 Å². The number of nitrogens with zero attached hydrogens (tertiary/aromatic N) is 1. The van der Waals surface area contributed by atoms with Gasteiger partial charge in [-0.2, -0.15) is 13.5 Å². The molecule has 0 unspecified atom stereocenters. The van der Waals surface area contributed by atoms with Crippen LogP contribution in [0.4, 0.5) is 0 Å². The first-order valence-corrected chi connectivity index (χ1v) is 13.9. The molecule has 1 amide bonds. The zero-order valence-electron chi connectivity index (χ0n) is 20.2. The summed E-state index contributed by atoms with van der Waals surface area (Å²) in [7, 11) is -2.61. The molecule has 37 heavy (non-hydrogen) atoms. The molecule has 0 aliphatic carbocycles. The van der Waals surface area contributed by atoms with Gasteiger partial charge >= 0.3 is 10.1 Å². The molecule has 0 atom stereocenters. The van der Waals surface area contributed by atoms with Crippen molar-refractivity contribution >= 4 is 56.4 Å². The normalized spacial score (nSPS) is 11.3. The third-order valence-corrected chi connectivity index (χ3v) is 7.02. The Morgan fingerprint density at radius 2 is 1.68 bits per heavy atom. The number of carbonyl (C=O) groups excluding carboxylic acids is 1. The summed E-state index contributed by atoms with van der Waals surface area (Å²) in [5.41, 5.74) is 3.34. The fraction of sp³-hybridized carbons (Fsp3) is 0.200. The lowest BCUT2D eigenvalue weighted by molar-refractivity contribution is 0.0954. The second-order valence-electron chi connectivity index (χ2n) is 7.25. The van der Waals surface area contributed by atoms with Crippen LogP contribution in [0.15, 0.2) is 64.6 Å². The minimum absolute atomic E-state index is 0.0419. The zero-order chi connectivity index (χ0) is 27.0. The molecule has 196 valence electrons. The molecule has 3 aromatic carbocycles. The molecular formula is C25H24ClIN2O7S. The summed E-state index contributed by atoms with van der Waals surface area (Å²) in [6.07, 6.45) is 1.41. The van der Waals surface area contributed by atoms with Crippen LogP contribution in [0, 0.1) is 3.57 Å². The van der Waals surface area contributed by atoms with Crippen molar-refractivity contribution in [2.45, 2.75) is 18.7 Å². The highest BCUT2D eigenvalue weighted by Crippen LogP contribution is 2.36. The van der Waals surface area contributed by atoms with Gasteiger partial charge in [0.1, 0.15) is 4.90 Å². The lowest BCUT2D eigenvalue weighted by atomic mass is 10.2. The fourth-order valence-corrected chi connectivity index (χ4v) is 5.05. The van der Waals surface area contributed by atoms with Crippen LogP contribution in [-0.4, -0.2) is 40.9 Å². The zero-order valence-corrected chi connectivity index (χ0v) is 23.9. The molecule has 0 bridgehead atoms. The number of rotatable bonds is 11. The quantitative estimate of drug-likeness (QED) is 0.129. The Bertz CT molecular complexity index is 1400. The molecule has 1 N–H and O–H groups in total. The van der Waals surface area contributed by atoms with Crippen LogP contribution >= 0.6 is 34.2 Å². The van der Waals surface area contributed by atoms with Crippen LogP contribution in [0.3, 0.4) is 0 Å². The van der Waals surface area contributed by atoms with Crippen molar-refractivity contribution in [1.29, 1.82) is 0 Å². The molecular weight excluding hydrogens is 635 g/mol. The van der Waals surface area contributed by atoms with Crippen molar-refractivity contribution in [2.24, 2.45) is 5.10 Å². The smallest absolute Gasteiger partial charge is 0.339 e. The Kier molecular flexibility index (Phi) is 10.0.